The molecule has 0 aliphatic rings. The second-order valence-electron chi connectivity index (χ2n) is 4.67. The third-order valence-electron chi connectivity index (χ3n) is 3.07. The van der Waals surface area contributed by atoms with Crippen molar-refractivity contribution in [1.82, 2.24) is 0 Å². The van der Waals surface area contributed by atoms with Crippen LogP contribution in [-0.2, 0) is 16.1 Å². The summed E-state index contributed by atoms with van der Waals surface area (Å²) >= 11 is 0. The Bertz CT molecular complexity index is 679. The van der Waals surface area contributed by atoms with Gasteiger partial charge in [-0.05, 0) is 35.9 Å². The van der Waals surface area contributed by atoms with Gasteiger partial charge in [-0.3, -0.25) is 0 Å². The number of hydrogen-bond acceptors (Lipinski definition) is 5. The first-order chi connectivity index (χ1) is 10.6. The summed E-state index contributed by atoms with van der Waals surface area (Å²) in [5.74, 6) is 0.325. The average molecular weight is 298 g/mol. The molecule has 2 aromatic rings. The lowest BCUT2D eigenvalue weighted by molar-refractivity contribution is -0.138. The van der Waals surface area contributed by atoms with E-state index in [2.05, 4.69) is 0 Å². The Hall–Kier alpha value is -2.95. The highest BCUT2D eigenvalue weighted by Crippen LogP contribution is 2.17. The number of anilines is 2. The highest BCUT2D eigenvalue weighted by molar-refractivity contribution is 5.87. The fourth-order valence-corrected chi connectivity index (χ4v) is 1.82. The standard InChI is InChI=1S/C17H18N2O3/c1-21-15-7-2-12(3-8-15)4-9-17(20)22-11-13-5-6-14(18)10-16(13)19/h2-10H,11,18-19H2,1H3/b9-4+. The van der Waals surface area contributed by atoms with Crippen molar-refractivity contribution in [2.75, 3.05) is 18.6 Å². The molecule has 0 fully saturated rings. The van der Waals surface area contributed by atoms with Crippen molar-refractivity contribution in [2.45, 2.75) is 6.61 Å². The summed E-state index contributed by atoms with van der Waals surface area (Å²) in [5, 5.41) is 0. The molecule has 0 atom stereocenters. The van der Waals surface area contributed by atoms with Crippen LogP contribution in [0.3, 0.4) is 0 Å². The van der Waals surface area contributed by atoms with Gasteiger partial charge in [0.1, 0.15) is 12.4 Å². The molecule has 0 aromatic heterocycles. The van der Waals surface area contributed by atoms with Crippen molar-refractivity contribution in [1.29, 1.82) is 0 Å². The van der Waals surface area contributed by atoms with E-state index >= 15 is 0 Å². The van der Waals surface area contributed by atoms with Crippen molar-refractivity contribution in [3.63, 3.8) is 0 Å². The maximum atomic E-state index is 11.7. The maximum absolute atomic E-state index is 11.7. The molecule has 0 amide bonds. The molecule has 0 bridgehead atoms. The zero-order valence-electron chi connectivity index (χ0n) is 12.3. The topological polar surface area (TPSA) is 87.6 Å². The molecule has 0 radical (unpaired) electrons. The number of esters is 1. The van der Waals surface area contributed by atoms with Gasteiger partial charge in [0, 0.05) is 23.0 Å². The van der Waals surface area contributed by atoms with Crippen molar-refractivity contribution in [2.24, 2.45) is 0 Å². The van der Waals surface area contributed by atoms with Crippen molar-refractivity contribution in [3.8, 4) is 5.75 Å². The lowest BCUT2D eigenvalue weighted by atomic mass is 10.2. The first kappa shape index (κ1) is 15.4. The van der Waals surface area contributed by atoms with Gasteiger partial charge in [0.05, 0.1) is 7.11 Å². The van der Waals surface area contributed by atoms with Gasteiger partial charge in [-0.1, -0.05) is 18.2 Å². The van der Waals surface area contributed by atoms with Crippen molar-refractivity contribution in [3.05, 3.63) is 59.7 Å². The molecule has 114 valence electrons. The molecular formula is C17H18N2O3. The van der Waals surface area contributed by atoms with E-state index in [-0.39, 0.29) is 6.61 Å². The Labute approximate surface area is 129 Å². The van der Waals surface area contributed by atoms with Gasteiger partial charge in [0.2, 0.25) is 0 Å². The number of rotatable bonds is 5. The Kier molecular flexibility index (Phi) is 5.03. The first-order valence-corrected chi connectivity index (χ1v) is 6.71. The first-order valence-electron chi connectivity index (χ1n) is 6.71. The second kappa shape index (κ2) is 7.17. The highest BCUT2D eigenvalue weighted by atomic mass is 16.5. The molecule has 0 saturated carbocycles. The van der Waals surface area contributed by atoms with E-state index in [0.29, 0.717) is 11.4 Å². The summed E-state index contributed by atoms with van der Waals surface area (Å²) in [6.45, 7) is 0.109. The zero-order chi connectivity index (χ0) is 15.9. The summed E-state index contributed by atoms with van der Waals surface area (Å²) in [7, 11) is 1.60. The minimum atomic E-state index is -0.438. The van der Waals surface area contributed by atoms with Crippen LogP contribution in [0.2, 0.25) is 0 Å². The molecule has 2 rings (SSSR count). The fraction of sp³-hybridized carbons (Fsp3) is 0.118. The van der Waals surface area contributed by atoms with E-state index < -0.39 is 5.97 Å². The van der Waals surface area contributed by atoms with Crippen LogP contribution in [-0.4, -0.2) is 13.1 Å². The lowest BCUT2D eigenvalue weighted by Gasteiger charge is -2.06. The van der Waals surface area contributed by atoms with Crippen LogP contribution in [0.25, 0.3) is 6.08 Å². The summed E-state index contributed by atoms with van der Waals surface area (Å²) < 4.78 is 10.2. The van der Waals surface area contributed by atoms with E-state index in [4.69, 9.17) is 20.9 Å². The Morgan fingerprint density at radius 2 is 1.86 bits per heavy atom. The fourth-order valence-electron chi connectivity index (χ4n) is 1.82. The molecule has 22 heavy (non-hydrogen) atoms. The predicted molar refractivity (Wildman–Crippen MR) is 87.1 cm³/mol. The molecule has 4 N–H and O–H groups in total. The van der Waals surface area contributed by atoms with Gasteiger partial charge in [0.15, 0.2) is 0 Å². The molecule has 0 saturated heterocycles. The smallest absolute Gasteiger partial charge is 0.331 e. The van der Waals surface area contributed by atoms with Crippen LogP contribution >= 0.6 is 0 Å². The molecule has 0 spiro atoms. The number of nitrogen functional groups attached to an aromatic ring is 2. The number of benzene rings is 2. The van der Waals surface area contributed by atoms with E-state index in [1.807, 2.05) is 24.3 Å². The van der Waals surface area contributed by atoms with E-state index in [0.717, 1.165) is 16.9 Å². The molecule has 5 heteroatoms. The number of nitrogens with two attached hydrogens (primary N) is 2. The molecule has 2 aromatic carbocycles. The van der Waals surface area contributed by atoms with Gasteiger partial charge >= 0.3 is 5.97 Å². The van der Waals surface area contributed by atoms with Gasteiger partial charge < -0.3 is 20.9 Å². The number of methoxy groups -OCH3 is 1. The van der Waals surface area contributed by atoms with Crippen molar-refractivity contribution < 1.29 is 14.3 Å². The maximum Gasteiger partial charge on any atom is 0.331 e. The van der Waals surface area contributed by atoms with Gasteiger partial charge in [-0.15, -0.1) is 0 Å². The Balaban J connectivity index is 1.90. The Morgan fingerprint density at radius 3 is 2.50 bits per heavy atom. The van der Waals surface area contributed by atoms with Crippen LogP contribution < -0.4 is 16.2 Å². The number of carbonyl (C=O) groups is 1. The zero-order valence-corrected chi connectivity index (χ0v) is 12.3. The molecule has 0 aliphatic heterocycles. The van der Waals surface area contributed by atoms with Gasteiger partial charge in [-0.2, -0.15) is 0 Å². The Morgan fingerprint density at radius 1 is 1.14 bits per heavy atom. The second-order valence-corrected chi connectivity index (χ2v) is 4.67. The minimum absolute atomic E-state index is 0.109. The average Bonchev–Trinajstić information content (AvgIpc) is 2.52. The number of carbonyl (C=O) groups excluding carboxylic acids is 1. The molecule has 0 unspecified atom stereocenters. The van der Waals surface area contributed by atoms with E-state index in [1.165, 1.54) is 6.08 Å². The summed E-state index contributed by atoms with van der Waals surface area (Å²) in [5.41, 5.74) is 14.1. The minimum Gasteiger partial charge on any atom is -0.497 e. The predicted octanol–water partition coefficient (Wildman–Crippen LogP) is 2.62. The van der Waals surface area contributed by atoms with Crippen LogP contribution in [0.1, 0.15) is 11.1 Å². The third-order valence-corrected chi connectivity index (χ3v) is 3.07. The van der Waals surface area contributed by atoms with Crippen LogP contribution in [0.4, 0.5) is 11.4 Å². The van der Waals surface area contributed by atoms with E-state index in [1.54, 1.807) is 31.4 Å². The van der Waals surface area contributed by atoms with Crippen molar-refractivity contribution >= 4 is 23.4 Å². The summed E-state index contributed by atoms with van der Waals surface area (Å²) in [4.78, 5) is 11.7. The van der Waals surface area contributed by atoms with Gasteiger partial charge in [0.25, 0.3) is 0 Å². The third kappa shape index (κ3) is 4.28. The summed E-state index contributed by atoms with van der Waals surface area (Å²) in [6.07, 6.45) is 3.05. The van der Waals surface area contributed by atoms with Gasteiger partial charge in [-0.25, -0.2) is 4.79 Å². The molecular weight excluding hydrogens is 280 g/mol. The molecule has 0 heterocycles. The van der Waals surface area contributed by atoms with Crippen LogP contribution in [0.15, 0.2) is 48.5 Å². The quantitative estimate of drug-likeness (QED) is 0.503. The van der Waals surface area contributed by atoms with Crippen LogP contribution in [0.5, 0.6) is 5.75 Å². The number of hydrogen-bond donors (Lipinski definition) is 2. The monoisotopic (exact) mass is 298 g/mol. The lowest BCUT2D eigenvalue weighted by Crippen LogP contribution is -2.03. The van der Waals surface area contributed by atoms with Crippen LogP contribution in [0, 0.1) is 0 Å². The summed E-state index contributed by atoms with van der Waals surface area (Å²) in [6, 6.07) is 12.4. The SMILES string of the molecule is COc1ccc(/C=C/C(=O)OCc2ccc(N)cc2N)cc1. The number of ether oxygens (including phenoxy) is 2. The largest absolute Gasteiger partial charge is 0.497 e. The molecule has 0 aliphatic carbocycles. The normalized spacial score (nSPS) is 10.6. The highest BCUT2D eigenvalue weighted by Gasteiger charge is 2.03. The van der Waals surface area contributed by atoms with E-state index in [9.17, 15) is 4.79 Å². The molecule has 5 nitrogen and oxygen atoms in total.